The molecule has 17 heteroatoms. The molecule has 1 rings (SSSR count). The van der Waals surface area contributed by atoms with Crippen molar-refractivity contribution < 1.29 is 24.3 Å². The predicted molar refractivity (Wildman–Crippen MR) is 153 cm³/mol. The van der Waals surface area contributed by atoms with Gasteiger partial charge in [-0.1, -0.05) is 20.3 Å². The first kappa shape index (κ1) is 34.6. The lowest BCUT2D eigenvalue weighted by molar-refractivity contribution is -0.142. The highest BCUT2D eigenvalue weighted by Gasteiger charge is 2.31. The van der Waals surface area contributed by atoms with Crippen LogP contribution in [0.5, 0.6) is 0 Å². The van der Waals surface area contributed by atoms with Crippen LogP contribution in [0.4, 0.5) is 0 Å². The number of aromatic amines is 1. The second-order valence-electron chi connectivity index (χ2n) is 9.61. The smallest absolute Gasteiger partial charge is 0.326 e. The number of carboxylic acids is 1. The van der Waals surface area contributed by atoms with Gasteiger partial charge in [0.1, 0.15) is 18.1 Å². The number of hydrogen-bond acceptors (Lipinski definition) is 8. The van der Waals surface area contributed by atoms with E-state index in [1.165, 1.54) is 12.5 Å². The lowest BCUT2D eigenvalue weighted by Gasteiger charge is -2.26. The minimum atomic E-state index is -1.27. The van der Waals surface area contributed by atoms with E-state index in [-0.39, 0.29) is 63.0 Å². The van der Waals surface area contributed by atoms with E-state index in [4.69, 9.17) is 28.7 Å². The predicted octanol–water partition coefficient (Wildman–Crippen LogP) is -3.03. The summed E-state index contributed by atoms with van der Waals surface area (Å²) in [4.78, 5) is 65.7. The van der Waals surface area contributed by atoms with Crippen molar-refractivity contribution >= 4 is 35.6 Å². The van der Waals surface area contributed by atoms with Crippen LogP contribution in [0.2, 0.25) is 0 Å². The Balaban J connectivity index is 3.10. The number of nitrogens with two attached hydrogens (primary N) is 5. The van der Waals surface area contributed by atoms with Crippen LogP contribution in [-0.2, 0) is 25.6 Å². The number of hydrogen-bond donors (Lipinski definition) is 10. The van der Waals surface area contributed by atoms with Crippen LogP contribution < -0.4 is 44.6 Å². The van der Waals surface area contributed by atoms with Gasteiger partial charge in [0.25, 0.3) is 0 Å². The monoisotopic (exact) mass is 580 g/mol. The highest BCUT2D eigenvalue weighted by atomic mass is 16.4. The fourth-order valence-corrected chi connectivity index (χ4v) is 3.68. The molecule has 0 spiro atoms. The molecular weight excluding hydrogens is 536 g/mol. The zero-order chi connectivity index (χ0) is 30.9. The third kappa shape index (κ3) is 13.5. The standard InChI is InChI=1S/C24H44N12O5/c1-3-13(2)18(25)21(39)36-17(10-14-11-30-12-33-14)20(38)34-15(6-4-8-31-23(26)27)19(37)35-16(22(40)41)7-5-9-32-24(28)29/h11-13,15-18H,3-10,25H2,1-2H3,(H,30,33)(H,34,38)(H,35,37)(H,36,39)(H,40,41)(H4,26,27,31)(H4,28,29,32). The van der Waals surface area contributed by atoms with Crippen LogP contribution in [-0.4, -0.2) is 87.9 Å². The summed E-state index contributed by atoms with van der Waals surface area (Å²) >= 11 is 0. The number of carbonyl (C=O) groups excluding carboxylic acids is 3. The van der Waals surface area contributed by atoms with E-state index < -0.39 is 47.9 Å². The molecule has 17 nitrogen and oxygen atoms in total. The van der Waals surface area contributed by atoms with Gasteiger partial charge in [-0.3, -0.25) is 24.4 Å². The molecule has 41 heavy (non-hydrogen) atoms. The molecule has 0 radical (unpaired) electrons. The second-order valence-corrected chi connectivity index (χ2v) is 9.61. The number of aliphatic carboxylic acids is 1. The fourth-order valence-electron chi connectivity index (χ4n) is 3.68. The first-order chi connectivity index (χ1) is 19.3. The summed E-state index contributed by atoms with van der Waals surface area (Å²) in [6.07, 6.45) is 4.30. The number of carbonyl (C=O) groups is 4. The molecule has 3 amide bonds. The maximum absolute atomic E-state index is 13.4. The van der Waals surface area contributed by atoms with Gasteiger partial charge in [0.2, 0.25) is 17.7 Å². The molecule has 0 aliphatic heterocycles. The van der Waals surface area contributed by atoms with Gasteiger partial charge in [-0.15, -0.1) is 0 Å². The molecule has 15 N–H and O–H groups in total. The minimum Gasteiger partial charge on any atom is -0.480 e. The number of H-pyrrole nitrogens is 1. The number of nitrogens with zero attached hydrogens (tertiary/aromatic N) is 3. The summed E-state index contributed by atoms with van der Waals surface area (Å²) < 4.78 is 0. The lowest BCUT2D eigenvalue weighted by Crippen LogP contribution is -2.58. The molecule has 0 aromatic carbocycles. The molecule has 5 unspecified atom stereocenters. The molecule has 0 fully saturated rings. The van der Waals surface area contributed by atoms with Crippen molar-refractivity contribution in [3.63, 3.8) is 0 Å². The Bertz CT molecular complexity index is 1040. The van der Waals surface area contributed by atoms with Crippen molar-refractivity contribution in [3.8, 4) is 0 Å². The first-order valence-corrected chi connectivity index (χ1v) is 13.3. The molecule has 0 bridgehead atoms. The summed E-state index contributed by atoms with van der Waals surface area (Å²) in [7, 11) is 0. The van der Waals surface area contributed by atoms with E-state index in [9.17, 15) is 24.3 Å². The summed E-state index contributed by atoms with van der Waals surface area (Å²) in [5.74, 6) is -3.62. The Morgan fingerprint density at radius 3 is 1.90 bits per heavy atom. The maximum atomic E-state index is 13.4. The van der Waals surface area contributed by atoms with Crippen LogP contribution in [0, 0.1) is 5.92 Å². The highest BCUT2D eigenvalue weighted by Crippen LogP contribution is 2.08. The van der Waals surface area contributed by atoms with Gasteiger partial charge < -0.3 is 54.7 Å². The molecule has 0 aliphatic rings. The molecule has 5 atom stereocenters. The van der Waals surface area contributed by atoms with Crippen molar-refractivity contribution in [2.45, 2.75) is 76.5 Å². The van der Waals surface area contributed by atoms with Crippen LogP contribution in [0.1, 0.15) is 51.6 Å². The first-order valence-electron chi connectivity index (χ1n) is 13.3. The topological polar surface area (TPSA) is 308 Å². The van der Waals surface area contributed by atoms with Gasteiger partial charge in [0.15, 0.2) is 11.9 Å². The number of carboxylic acid groups (broad SMARTS) is 1. The van der Waals surface area contributed by atoms with Crippen molar-refractivity contribution in [1.82, 2.24) is 25.9 Å². The van der Waals surface area contributed by atoms with E-state index in [1.54, 1.807) is 0 Å². The Labute approximate surface area is 238 Å². The molecule has 0 aliphatic carbocycles. The third-order valence-electron chi connectivity index (χ3n) is 6.31. The van der Waals surface area contributed by atoms with E-state index in [0.717, 1.165) is 0 Å². The summed E-state index contributed by atoms with van der Waals surface area (Å²) in [6, 6.07) is -4.39. The van der Waals surface area contributed by atoms with Crippen LogP contribution >= 0.6 is 0 Å². The van der Waals surface area contributed by atoms with E-state index in [2.05, 4.69) is 35.9 Å². The summed E-state index contributed by atoms with van der Waals surface area (Å²) in [5.41, 5.74) is 27.9. The molecule has 1 heterocycles. The lowest BCUT2D eigenvalue weighted by atomic mass is 9.98. The second kappa shape index (κ2) is 18.0. The summed E-state index contributed by atoms with van der Waals surface area (Å²) in [5, 5.41) is 17.4. The zero-order valence-corrected chi connectivity index (χ0v) is 23.5. The Morgan fingerprint density at radius 2 is 1.41 bits per heavy atom. The van der Waals surface area contributed by atoms with Crippen molar-refractivity contribution in [2.24, 2.45) is 44.6 Å². The summed E-state index contributed by atoms with van der Waals surface area (Å²) in [6.45, 7) is 4.06. The van der Waals surface area contributed by atoms with Crippen molar-refractivity contribution in [1.29, 1.82) is 0 Å². The van der Waals surface area contributed by atoms with Crippen molar-refractivity contribution in [3.05, 3.63) is 18.2 Å². The zero-order valence-electron chi connectivity index (χ0n) is 23.5. The van der Waals surface area contributed by atoms with Gasteiger partial charge in [0.05, 0.1) is 12.4 Å². The molecule has 0 saturated carbocycles. The number of nitrogens with one attached hydrogen (secondary N) is 4. The number of rotatable bonds is 19. The van der Waals surface area contributed by atoms with E-state index >= 15 is 0 Å². The average molecular weight is 581 g/mol. The number of amides is 3. The Kier molecular flexibility index (Phi) is 15.2. The van der Waals surface area contributed by atoms with Crippen LogP contribution in [0.3, 0.4) is 0 Å². The number of imidazole rings is 1. The molecular formula is C24H44N12O5. The van der Waals surface area contributed by atoms with Gasteiger partial charge in [-0.25, -0.2) is 9.78 Å². The van der Waals surface area contributed by atoms with Gasteiger partial charge in [-0.2, -0.15) is 0 Å². The van der Waals surface area contributed by atoms with Gasteiger partial charge in [-0.05, 0) is 31.6 Å². The largest absolute Gasteiger partial charge is 0.480 e. The highest BCUT2D eigenvalue weighted by molar-refractivity contribution is 5.94. The Morgan fingerprint density at radius 1 is 0.902 bits per heavy atom. The third-order valence-corrected chi connectivity index (χ3v) is 6.31. The average Bonchev–Trinajstić information content (AvgIpc) is 3.43. The Hall–Kier alpha value is -4.41. The number of aromatic nitrogens is 2. The maximum Gasteiger partial charge on any atom is 0.326 e. The van der Waals surface area contributed by atoms with Gasteiger partial charge in [0, 0.05) is 31.4 Å². The van der Waals surface area contributed by atoms with Gasteiger partial charge >= 0.3 is 5.97 Å². The SMILES string of the molecule is CCC(C)C(N)C(=O)NC(Cc1cnc[nH]1)C(=O)NC(CCCN=C(N)N)C(=O)NC(CCCN=C(N)N)C(=O)O. The van der Waals surface area contributed by atoms with Crippen molar-refractivity contribution in [2.75, 3.05) is 13.1 Å². The minimum absolute atomic E-state index is 0.0374. The van der Waals surface area contributed by atoms with E-state index in [1.807, 2.05) is 13.8 Å². The molecule has 0 saturated heterocycles. The number of guanidine groups is 2. The quantitative estimate of drug-likeness (QED) is 0.0445. The normalized spacial score (nSPS) is 14.4. The number of aliphatic imine (C=N–C) groups is 2. The fraction of sp³-hybridized carbons (Fsp3) is 0.625. The van der Waals surface area contributed by atoms with Crippen LogP contribution in [0.15, 0.2) is 22.5 Å². The molecule has 1 aromatic heterocycles. The van der Waals surface area contributed by atoms with Crippen LogP contribution in [0.25, 0.3) is 0 Å². The van der Waals surface area contributed by atoms with E-state index in [0.29, 0.717) is 12.1 Å². The molecule has 1 aromatic rings. The molecule has 230 valence electrons.